The number of hydrogen-bond acceptors (Lipinski definition) is 3. The van der Waals surface area contributed by atoms with E-state index in [1.807, 2.05) is 13.2 Å². The average molecular weight is 267 g/mol. The first-order valence-corrected chi connectivity index (χ1v) is 6.02. The number of aryl methyl sites for hydroxylation is 1. The topological polar surface area (TPSA) is 47.3 Å². The highest BCUT2D eigenvalue weighted by atomic mass is 35.5. The Morgan fingerprint density at radius 2 is 2.28 bits per heavy atom. The summed E-state index contributed by atoms with van der Waals surface area (Å²) in [7, 11) is 1.86. The number of aromatic nitrogens is 2. The summed E-state index contributed by atoms with van der Waals surface area (Å²) in [6.45, 7) is 2.11. The highest BCUT2D eigenvalue weighted by Crippen LogP contribution is 2.28. The molecule has 96 valence electrons. The van der Waals surface area contributed by atoms with E-state index >= 15 is 0 Å². The lowest BCUT2D eigenvalue weighted by atomic mass is 10.1. The van der Waals surface area contributed by atoms with Crippen molar-refractivity contribution in [1.29, 1.82) is 0 Å². The highest BCUT2D eigenvalue weighted by Gasteiger charge is 2.07. The van der Waals surface area contributed by atoms with E-state index in [0.717, 1.165) is 11.1 Å². The van der Waals surface area contributed by atoms with E-state index in [-0.39, 0.29) is 0 Å². The zero-order valence-corrected chi connectivity index (χ0v) is 11.1. The van der Waals surface area contributed by atoms with E-state index in [9.17, 15) is 5.11 Å². The van der Waals surface area contributed by atoms with Gasteiger partial charge in [0, 0.05) is 18.8 Å². The Labute approximate surface area is 111 Å². The third-order valence-corrected chi connectivity index (χ3v) is 2.89. The molecular formula is C13H15ClN2O2. The minimum atomic E-state index is -0.533. The first kappa shape index (κ1) is 12.9. The van der Waals surface area contributed by atoms with Crippen LogP contribution in [-0.2, 0) is 13.7 Å². The molecule has 4 nitrogen and oxygen atoms in total. The fourth-order valence-corrected chi connectivity index (χ4v) is 1.85. The molecule has 5 heteroatoms. The van der Waals surface area contributed by atoms with Crippen LogP contribution in [-0.4, -0.2) is 14.9 Å². The molecule has 0 aliphatic heterocycles. The second-order valence-electron chi connectivity index (χ2n) is 4.18. The summed E-state index contributed by atoms with van der Waals surface area (Å²) >= 11 is 6.09. The van der Waals surface area contributed by atoms with Crippen LogP contribution in [0.1, 0.15) is 24.2 Å². The molecular weight excluding hydrogens is 252 g/mol. The Hall–Kier alpha value is -1.52. The van der Waals surface area contributed by atoms with E-state index in [4.69, 9.17) is 16.3 Å². The summed E-state index contributed by atoms with van der Waals surface area (Å²) in [5.74, 6) is 0.602. The molecule has 1 N–H and O–H groups in total. The molecule has 0 spiro atoms. The fraction of sp³-hybridized carbons (Fsp3) is 0.308. The molecule has 0 aliphatic carbocycles. The van der Waals surface area contributed by atoms with Gasteiger partial charge in [-0.1, -0.05) is 17.7 Å². The van der Waals surface area contributed by atoms with Crippen LogP contribution in [0.5, 0.6) is 5.75 Å². The number of rotatable bonds is 4. The number of halogens is 1. The molecule has 1 atom stereocenters. The molecule has 0 radical (unpaired) electrons. The van der Waals surface area contributed by atoms with Crippen molar-refractivity contribution in [3.63, 3.8) is 0 Å². The van der Waals surface area contributed by atoms with Gasteiger partial charge >= 0.3 is 0 Å². The lowest BCUT2D eigenvalue weighted by molar-refractivity contribution is 0.199. The van der Waals surface area contributed by atoms with Gasteiger partial charge in [-0.05, 0) is 24.6 Å². The predicted octanol–water partition coefficient (Wildman–Crippen LogP) is 2.71. The van der Waals surface area contributed by atoms with Crippen molar-refractivity contribution in [2.45, 2.75) is 19.6 Å². The molecule has 0 bridgehead atoms. The van der Waals surface area contributed by atoms with E-state index in [0.29, 0.717) is 17.4 Å². The minimum Gasteiger partial charge on any atom is -0.487 e. The largest absolute Gasteiger partial charge is 0.487 e. The Morgan fingerprint density at radius 3 is 2.83 bits per heavy atom. The van der Waals surface area contributed by atoms with Crippen molar-refractivity contribution < 1.29 is 9.84 Å². The lowest BCUT2D eigenvalue weighted by Crippen LogP contribution is -1.96. The number of aliphatic hydroxyl groups excluding tert-OH is 1. The van der Waals surface area contributed by atoms with Crippen LogP contribution < -0.4 is 4.74 Å². The minimum absolute atomic E-state index is 0.418. The van der Waals surface area contributed by atoms with Gasteiger partial charge in [-0.2, -0.15) is 5.10 Å². The molecule has 0 saturated carbocycles. The van der Waals surface area contributed by atoms with Gasteiger partial charge in [0.15, 0.2) is 0 Å². The molecule has 0 amide bonds. The summed E-state index contributed by atoms with van der Waals surface area (Å²) in [4.78, 5) is 0. The summed E-state index contributed by atoms with van der Waals surface area (Å²) in [5.41, 5.74) is 1.75. The maximum atomic E-state index is 9.44. The monoisotopic (exact) mass is 266 g/mol. The van der Waals surface area contributed by atoms with Crippen LogP contribution in [0.4, 0.5) is 0 Å². The van der Waals surface area contributed by atoms with Gasteiger partial charge in [0.1, 0.15) is 12.4 Å². The van der Waals surface area contributed by atoms with Crippen LogP contribution in [0.15, 0.2) is 30.6 Å². The van der Waals surface area contributed by atoms with E-state index in [2.05, 4.69) is 5.10 Å². The second-order valence-corrected chi connectivity index (χ2v) is 4.58. The van der Waals surface area contributed by atoms with Gasteiger partial charge in [-0.15, -0.1) is 0 Å². The van der Waals surface area contributed by atoms with Crippen LogP contribution >= 0.6 is 11.6 Å². The summed E-state index contributed by atoms with van der Waals surface area (Å²) in [6.07, 6.45) is 3.10. The zero-order valence-electron chi connectivity index (χ0n) is 10.3. The third-order valence-electron chi connectivity index (χ3n) is 2.59. The van der Waals surface area contributed by atoms with E-state index in [1.165, 1.54) is 0 Å². The van der Waals surface area contributed by atoms with Gasteiger partial charge in [0.2, 0.25) is 0 Å². The number of ether oxygens (including phenoxy) is 1. The van der Waals surface area contributed by atoms with Crippen LogP contribution in [0.3, 0.4) is 0 Å². The molecule has 1 heterocycles. The number of benzene rings is 1. The second kappa shape index (κ2) is 5.42. The highest BCUT2D eigenvalue weighted by molar-refractivity contribution is 6.32. The molecule has 0 unspecified atom stereocenters. The van der Waals surface area contributed by atoms with Gasteiger partial charge < -0.3 is 9.84 Å². The molecule has 0 saturated heterocycles. The first-order chi connectivity index (χ1) is 8.56. The number of hydrogen-bond donors (Lipinski definition) is 1. The van der Waals surface area contributed by atoms with Gasteiger partial charge in [0.05, 0.1) is 17.3 Å². The zero-order chi connectivity index (χ0) is 13.1. The van der Waals surface area contributed by atoms with Gasteiger partial charge in [0.25, 0.3) is 0 Å². The lowest BCUT2D eigenvalue weighted by Gasteiger charge is -2.10. The van der Waals surface area contributed by atoms with Crippen molar-refractivity contribution in [3.05, 3.63) is 46.7 Å². The Kier molecular flexibility index (Phi) is 3.89. The molecule has 1 aromatic carbocycles. The quantitative estimate of drug-likeness (QED) is 0.926. The van der Waals surface area contributed by atoms with Crippen molar-refractivity contribution in [2.24, 2.45) is 7.05 Å². The standard InChI is InChI=1S/C13H15ClN2O2/c1-9(17)11-3-4-13(12(14)5-11)18-8-10-6-15-16(2)7-10/h3-7,9,17H,8H2,1-2H3/t9-/m1/s1. The Morgan fingerprint density at radius 1 is 1.50 bits per heavy atom. The van der Waals surface area contributed by atoms with Crippen molar-refractivity contribution in [2.75, 3.05) is 0 Å². The summed E-state index contributed by atoms with van der Waals surface area (Å²) < 4.78 is 7.32. The molecule has 0 fully saturated rings. The maximum Gasteiger partial charge on any atom is 0.138 e. The SMILES string of the molecule is C[C@@H](O)c1ccc(OCc2cnn(C)c2)c(Cl)c1. The third kappa shape index (κ3) is 3.03. The van der Waals surface area contributed by atoms with Crippen LogP contribution in [0.25, 0.3) is 0 Å². The number of nitrogens with zero attached hydrogens (tertiary/aromatic N) is 2. The van der Waals surface area contributed by atoms with Crippen molar-refractivity contribution in [3.8, 4) is 5.75 Å². The first-order valence-electron chi connectivity index (χ1n) is 5.64. The molecule has 2 rings (SSSR count). The fourth-order valence-electron chi connectivity index (χ4n) is 1.60. The normalized spacial score (nSPS) is 12.4. The van der Waals surface area contributed by atoms with Crippen molar-refractivity contribution >= 4 is 11.6 Å². The number of aliphatic hydroxyl groups is 1. The summed E-state index contributed by atoms with van der Waals surface area (Å²) in [5, 5.41) is 14.0. The molecule has 18 heavy (non-hydrogen) atoms. The molecule has 1 aromatic heterocycles. The van der Waals surface area contributed by atoms with Crippen LogP contribution in [0, 0.1) is 0 Å². The van der Waals surface area contributed by atoms with E-state index in [1.54, 1.807) is 36.0 Å². The Balaban J connectivity index is 2.05. The predicted molar refractivity (Wildman–Crippen MR) is 69.6 cm³/mol. The molecule has 0 aliphatic rings. The molecule has 2 aromatic rings. The Bertz CT molecular complexity index is 538. The average Bonchev–Trinajstić information content (AvgIpc) is 2.73. The van der Waals surface area contributed by atoms with E-state index < -0.39 is 6.10 Å². The van der Waals surface area contributed by atoms with Crippen molar-refractivity contribution in [1.82, 2.24) is 9.78 Å². The van der Waals surface area contributed by atoms with Crippen LogP contribution in [0.2, 0.25) is 5.02 Å². The van der Waals surface area contributed by atoms with Gasteiger partial charge in [-0.3, -0.25) is 4.68 Å². The smallest absolute Gasteiger partial charge is 0.138 e. The summed E-state index contributed by atoms with van der Waals surface area (Å²) in [6, 6.07) is 5.28. The van der Waals surface area contributed by atoms with Gasteiger partial charge in [-0.25, -0.2) is 0 Å². The maximum absolute atomic E-state index is 9.44.